The Balaban J connectivity index is 0.651. The summed E-state index contributed by atoms with van der Waals surface area (Å²) in [6.07, 6.45) is -0.465. The molecule has 80 heavy (non-hydrogen) atoms. The van der Waals surface area contributed by atoms with Gasteiger partial charge >= 0.3 is 12.0 Å². The first-order valence-electron chi connectivity index (χ1n) is 25.5. The molecule has 7 N–H and O–H groups in total. The van der Waals surface area contributed by atoms with Crippen LogP contribution in [0.15, 0.2) is 118 Å². The van der Waals surface area contributed by atoms with Crippen LogP contribution in [0.4, 0.5) is 10.5 Å². The number of benzene rings is 7. The summed E-state index contributed by atoms with van der Waals surface area (Å²) in [7, 11) is 0. The molecule has 1 fully saturated rings. The molecule has 2 aliphatic heterocycles. The molecule has 8 amide bonds. The Kier molecular flexibility index (Phi) is 16.4. The van der Waals surface area contributed by atoms with Crippen LogP contribution >= 0.6 is 0 Å². The van der Waals surface area contributed by atoms with Gasteiger partial charge in [0.2, 0.25) is 29.5 Å². The van der Waals surface area contributed by atoms with Crippen LogP contribution in [0.25, 0.3) is 65.7 Å². The first kappa shape index (κ1) is 55.1. The highest BCUT2D eigenvalue weighted by atomic mass is 16.5. The molecule has 3 aliphatic rings. The molecule has 1 unspecified atom stereocenters. The zero-order valence-electron chi connectivity index (χ0n) is 42.7. The molecule has 0 saturated carbocycles. The average Bonchev–Trinajstić information content (AvgIpc) is 4.11. The molecular weight excluding hydrogens is 1040 g/mol. The predicted octanol–water partition coefficient (Wildman–Crippen LogP) is 5.22. The number of fused-ring (bicyclic) bond motifs is 2. The summed E-state index contributed by atoms with van der Waals surface area (Å²) in [5, 5.41) is 72.7. The molecule has 6 aromatic rings. The summed E-state index contributed by atoms with van der Waals surface area (Å²) >= 11 is 0. The maximum atomic E-state index is 13.5. The molecule has 1 saturated heterocycles. The van der Waals surface area contributed by atoms with Gasteiger partial charge in [0.05, 0.1) is 18.7 Å². The molecule has 1 atom stereocenters. The fourth-order valence-corrected chi connectivity index (χ4v) is 9.95. The molecular formula is C57H52N8O15-2. The second kappa shape index (κ2) is 23.9. The lowest BCUT2D eigenvalue weighted by atomic mass is 9.90. The Morgan fingerprint density at radius 1 is 0.662 bits per heavy atom. The summed E-state index contributed by atoms with van der Waals surface area (Å²) in [6.45, 7) is -1.36. The van der Waals surface area contributed by atoms with Gasteiger partial charge in [-0.1, -0.05) is 66.7 Å². The molecule has 0 radical (unpaired) electrons. The Bertz CT molecular complexity index is 3760. The Morgan fingerprint density at radius 3 is 2.06 bits per heavy atom. The number of aromatic carboxylic acids is 1. The number of anilines is 1. The monoisotopic (exact) mass is 1090 g/mol. The number of nitrogens with zero attached hydrogens (tertiary/aromatic N) is 4. The summed E-state index contributed by atoms with van der Waals surface area (Å²) in [6, 6.07) is 26.9. The number of hydroxylamine groups is 6. The van der Waals surface area contributed by atoms with E-state index in [1.807, 2.05) is 48.5 Å². The number of carboxylic acid groups (broad SMARTS) is 1. The third kappa shape index (κ3) is 12.0. The molecule has 2 heterocycles. The second-order valence-electron chi connectivity index (χ2n) is 19.0. The molecule has 0 aromatic heterocycles. The van der Waals surface area contributed by atoms with E-state index in [1.165, 1.54) is 53.4 Å². The van der Waals surface area contributed by atoms with Crippen molar-refractivity contribution in [2.75, 3.05) is 51.1 Å². The number of carbonyl (C=O) groups excluding carboxylic acids is 7. The normalized spacial score (nSPS) is 13.2. The number of urea groups is 1. The van der Waals surface area contributed by atoms with E-state index in [-0.39, 0.29) is 102 Å². The number of carboxylic acids is 1. The van der Waals surface area contributed by atoms with Crippen molar-refractivity contribution >= 4 is 96.4 Å². The number of hydrogen-bond donors (Lipinski definition) is 7. The molecule has 6 aromatic carbocycles. The van der Waals surface area contributed by atoms with E-state index in [4.69, 9.17) is 4.42 Å². The first-order valence-corrected chi connectivity index (χ1v) is 25.5. The van der Waals surface area contributed by atoms with E-state index in [9.17, 15) is 69.0 Å². The van der Waals surface area contributed by atoms with Crippen molar-refractivity contribution in [3.05, 3.63) is 136 Å². The van der Waals surface area contributed by atoms with Crippen molar-refractivity contribution in [1.82, 2.24) is 36.0 Å². The van der Waals surface area contributed by atoms with Crippen LogP contribution in [0.3, 0.4) is 0 Å². The van der Waals surface area contributed by atoms with Gasteiger partial charge in [0.1, 0.15) is 17.4 Å². The van der Waals surface area contributed by atoms with Crippen LogP contribution in [0.5, 0.6) is 5.75 Å². The quantitative estimate of drug-likeness (QED) is 0.0169. The Hall–Kier alpha value is -9.71. The summed E-state index contributed by atoms with van der Waals surface area (Å²) in [4.78, 5) is 116. The third-order valence-corrected chi connectivity index (χ3v) is 13.9. The minimum Gasteiger partial charge on any atom is -0.872 e. The van der Waals surface area contributed by atoms with E-state index in [2.05, 4.69) is 21.3 Å². The van der Waals surface area contributed by atoms with Gasteiger partial charge in [-0.15, -0.1) is 5.75 Å². The lowest BCUT2D eigenvalue weighted by Crippen LogP contribution is -2.47. The number of carbonyl (C=O) groups is 8. The summed E-state index contributed by atoms with van der Waals surface area (Å²) in [5.74, 6) is -5.32. The Morgan fingerprint density at radius 2 is 1.32 bits per heavy atom. The zero-order valence-corrected chi connectivity index (χ0v) is 42.7. The van der Waals surface area contributed by atoms with Crippen LogP contribution in [0.1, 0.15) is 59.2 Å². The van der Waals surface area contributed by atoms with Crippen molar-refractivity contribution in [3.8, 4) is 28.2 Å². The van der Waals surface area contributed by atoms with Crippen LogP contribution in [-0.4, -0.2) is 135 Å². The lowest BCUT2D eigenvalue weighted by molar-refractivity contribution is -0.268. The van der Waals surface area contributed by atoms with E-state index < -0.39 is 73.0 Å². The van der Waals surface area contributed by atoms with Gasteiger partial charge in [0.15, 0.2) is 5.43 Å². The largest absolute Gasteiger partial charge is 0.872 e. The maximum absolute atomic E-state index is 13.5. The third-order valence-electron chi connectivity index (χ3n) is 13.9. The van der Waals surface area contributed by atoms with Crippen molar-refractivity contribution in [2.24, 2.45) is 0 Å². The average molecular weight is 1090 g/mol. The van der Waals surface area contributed by atoms with E-state index in [0.717, 1.165) is 33.0 Å². The fourth-order valence-electron chi connectivity index (χ4n) is 9.95. The van der Waals surface area contributed by atoms with Crippen molar-refractivity contribution in [1.29, 1.82) is 0 Å². The zero-order chi connectivity index (χ0) is 56.8. The predicted molar refractivity (Wildman–Crippen MR) is 289 cm³/mol. The van der Waals surface area contributed by atoms with E-state index >= 15 is 0 Å². The number of nitrogens with one attached hydrogen (secondary N) is 4. The van der Waals surface area contributed by atoms with Crippen LogP contribution in [-0.2, 0) is 24.0 Å². The van der Waals surface area contributed by atoms with Gasteiger partial charge in [0, 0.05) is 92.2 Å². The van der Waals surface area contributed by atoms with Gasteiger partial charge in [-0.25, -0.2) is 19.7 Å². The van der Waals surface area contributed by atoms with E-state index in [0.29, 0.717) is 44.9 Å². The first-order chi connectivity index (χ1) is 38.4. The molecule has 23 nitrogen and oxygen atoms in total. The number of hydrogen-bond acceptors (Lipinski definition) is 14. The highest BCUT2D eigenvalue weighted by molar-refractivity contribution is 6.26. The summed E-state index contributed by atoms with van der Waals surface area (Å²) in [5.41, 5.74) is 0.552. The molecule has 23 heteroatoms. The van der Waals surface area contributed by atoms with Crippen molar-refractivity contribution < 1.29 is 63.4 Å². The standard InChI is InChI=1S/C57H53N8O15/c66-36-11-16-41-45(30-36)80-46-31-37(67)12-17-42(46)53(41)39-15-10-35(29-43(39)56(74)75)61-57(76)65(79)27-20-48(69)59-24-23-58-47(68)19-26-63(77)50(71)18-22-60-54(72)44-5-2-25-62(44)49(70)21-28-64(78)55(73)40-14-9-34-7-6-32-3-1-4-33-8-13-38(40)52(34)51(32)33/h1,3-4,6-17,29-31,44,66,77-78H,2,5,18-28H2,(H,58,68)(H,59,69)(H,60,72)(H,61,76)(H,74,75)/q-1/p-1. The summed E-state index contributed by atoms with van der Waals surface area (Å²) < 4.78 is 5.80. The smallest absolute Gasteiger partial charge is 0.336 e. The number of likely N-dealkylation sites (tertiary alicyclic amines) is 1. The fraction of sp³-hybridized carbons (Fsp3) is 0.246. The van der Waals surface area contributed by atoms with Crippen LogP contribution in [0, 0.1) is 5.21 Å². The highest BCUT2D eigenvalue weighted by Crippen LogP contribution is 2.42. The number of rotatable bonds is 20. The SMILES string of the molecule is O=C(CCN([O-])C(=O)Nc1ccc(-c2c3ccc(=O)cc-3oc3cc([O-])ccc23)c(C(=O)O)c1)NCCNC(=O)CCN(O)C(=O)CCNC(=O)C1CCCN1C(=O)CCN(O)C(=O)c1ccc2ccc3cccc4ccc1c2c34. The topological polar surface area (TPSA) is 335 Å². The van der Waals surface area contributed by atoms with Gasteiger partial charge in [0.25, 0.3) is 5.91 Å². The molecule has 1 aliphatic carbocycles. The van der Waals surface area contributed by atoms with Crippen molar-refractivity contribution in [3.63, 3.8) is 0 Å². The van der Waals surface area contributed by atoms with Gasteiger partial charge in [-0.3, -0.25) is 44.0 Å². The Labute approximate surface area is 454 Å². The van der Waals surface area contributed by atoms with Crippen LogP contribution in [0.2, 0.25) is 0 Å². The van der Waals surface area contributed by atoms with Gasteiger partial charge in [-0.2, -0.15) is 0 Å². The van der Waals surface area contributed by atoms with Gasteiger partial charge < -0.3 is 51.1 Å². The second-order valence-corrected chi connectivity index (χ2v) is 19.0. The van der Waals surface area contributed by atoms with E-state index in [1.54, 1.807) is 6.07 Å². The minimum atomic E-state index is -1.39. The maximum Gasteiger partial charge on any atom is 0.336 e. The lowest BCUT2D eigenvalue weighted by Gasteiger charge is -2.28. The highest BCUT2D eigenvalue weighted by Gasteiger charge is 2.34. The number of amides is 8. The molecule has 0 spiro atoms. The van der Waals surface area contributed by atoms with Gasteiger partial charge in [-0.05, 0) is 87.1 Å². The molecule has 9 rings (SSSR count). The molecule has 412 valence electrons. The minimum absolute atomic E-state index is 0.0329. The molecule has 0 bridgehead atoms. The van der Waals surface area contributed by atoms with Crippen molar-refractivity contribution in [2.45, 2.75) is 44.6 Å². The van der Waals surface area contributed by atoms with Crippen LogP contribution < -0.4 is 31.8 Å².